The molecule has 0 aliphatic carbocycles. The van der Waals surface area contributed by atoms with E-state index in [0.29, 0.717) is 19.6 Å². The number of H-pyrrole nitrogens is 1. The standard InChI is InChI=1S/C25H37NO5/c1-3-5-11-28-17-20-14-19(29-12-6-4-2)15-25(31-20)24-22(10-13-30-25)21-9-7-8-18(16-27)23(21)26-24/h7-9,19-20,26-27H,3-6,10-17H2,1-2H3/t19?,20-,25+/m0/s1. The van der Waals surface area contributed by atoms with Gasteiger partial charge < -0.3 is 29.0 Å². The summed E-state index contributed by atoms with van der Waals surface area (Å²) < 4.78 is 25.2. The molecule has 0 radical (unpaired) electrons. The molecular weight excluding hydrogens is 394 g/mol. The number of aliphatic hydroxyl groups excluding tert-OH is 1. The average molecular weight is 432 g/mol. The van der Waals surface area contributed by atoms with Crippen LogP contribution in [0.1, 0.15) is 69.2 Å². The summed E-state index contributed by atoms with van der Waals surface area (Å²) in [6.45, 7) is 7.02. The molecule has 1 spiro atoms. The predicted molar refractivity (Wildman–Crippen MR) is 120 cm³/mol. The highest BCUT2D eigenvalue weighted by atomic mass is 16.7. The number of hydrogen-bond donors (Lipinski definition) is 2. The topological polar surface area (TPSA) is 72.9 Å². The number of fused-ring (bicyclic) bond motifs is 4. The van der Waals surface area contributed by atoms with Crippen LogP contribution < -0.4 is 0 Å². The Bertz CT molecular complexity index is 850. The first-order chi connectivity index (χ1) is 15.2. The van der Waals surface area contributed by atoms with Gasteiger partial charge in [0.05, 0.1) is 43.2 Å². The zero-order valence-corrected chi connectivity index (χ0v) is 19.0. The minimum atomic E-state index is -0.854. The molecule has 2 N–H and O–H groups in total. The second-order valence-corrected chi connectivity index (χ2v) is 8.78. The molecule has 2 aliphatic heterocycles. The fraction of sp³-hybridized carbons (Fsp3) is 0.680. The van der Waals surface area contributed by atoms with Crippen molar-refractivity contribution >= 4 is 10.9 Å². The van der Waals surface area contributed by atoms with Crippen molar-refractivity contribution in [2.24, 2.45) is 0 Å². The third-order valence-electron chi connectivity index (χ3n) is 6.44. The Morgan fingerprint density at radius 2 is 2.03 bits per heavy atom. The molecule has 1 saturated heterocycles. The molecule has 0 bridgehead atoms. The molecule has 1 fully saturated rings. The second kappa shape index (κ2) is 10.5. The van der Waals surface area contributed by atoms with Gasteiger partial charge in [-0.15, -0.1) is 0 Å². The van der Waals surface area contributed by atoms with E-state index in [1.807, 2.05) is 12.1 Å². The highest BCUT2D eigenvalue weighted by molar-refractivity contribution is 5.87. The van der Waals surface area contributed by atoms with Gasteiger partial charge in [-0.2, -0.15) is 0 Å². The molecule has 172 valence electrons. The van der Waals surface area contributed by atoms with Crippen molar-refractivity contribution < 1.29 is 24.1 Å². The Morgan fingerprint density at radius 1 is 1.19 bits per heavy atom. The maximum atomic E-state index is 9.83. The number of para-hydroxylation sites is 1. The molecule has 1 aromatic carbocycles. The number of rotatable bonds is 10. The van der Waals surface area contributed by atoms with Crippen molar-refractivity contribution in [1.82, 2.24) is 4.98 Å². The molecule has 6 heteroatoms. The SMILES string of the molecule is CCCCOC[C@@H]1CC(OCCCC)C[C@@]2(OCCc3c2[nH]c2c(CO)cccc32)O1. The second-order valence-electron chi connectivity index (χ2n) is 8.78. The van der Waals surface area contributed by atoms with Crippen LogP contribution in [0.2, 0.25) is 0 Å². The van der Waals surface area contributed by atoms with E-state index < -0.39 is 5.79 Å². The fourth-order valence-corrected chi connectivity index (χ4v) is 4.82. The lowest BCUT2D eigenvalue weighted by Gasteiger charge is -2.45. The maximum Gasteiger partial charge on any atom is 0.213 e. The third kappa shape index (κ3) is 4.83. The molecule has 2 aromatic rings. The Kier molecular flexibility index (Phi) is 7.67. The van der Waals surface area contributed by atoms with E-state index in [4.69, 9.17) is 18.9 Å². The van der Waals surface area contributed by atoms with Crippen molar-refractivity contribution in [2.75, 3.05) is 26.4 Å². The molecular formula is C25H37NO5. The minimum absolute atomic E-state index is 0.00208. The van der Waals surface area contributed by atoms with Crippen LogP contribution >= 0.6 is 0 Å². The van der Waals surface area contributed by atoms with E-state index in [0.717, 1.165) is 73.9 Å². The minimum Gasteiger partial charge on any atom is -0.392 e. The molecule has 0 amide bonds. The van der Waals surface area contributed by atoms with Crippen LogP contribution in [0, 0.1) is 0 Å². The molecule has 4 rings (SSSR count). The molecule has 1 unspecified atom stereocenters. The Balaban J connectivity index is 1.63. The lowest BCUT2D eigenvalue weighted by molar-refractivity contribution is -0.319. The highest BCUT2D eigenvalue weighted by Gasteiger charge is 2.49. The lowest BCUT2D eigenvalue weighted by Crippen LogP contribution is -2.50. The van der Waals surface area contributed by atoms with E-state index in [9.17, 15) is 5.11 Å². The van der Waals surface area contributed by atoms with Crippen LogP contribution in [-0.2, 0) is 37.8 Å². The summed E-state index contributed by atoms with van der Waals surface area (Å²) in [6.07, 6.45) is 6.64. The molecule has 3 atom stereocenters. The van der Waals surface area contributed by atoms with Gasteiger partial charge in [-0.1, -0.05) is 44.9 Å². The van der Waals surface area contributed by atoms with Gasteiger partial charge in [-0.25, -0.2) is 0 Å². The molecule has 31 heavy (non-hydrogen) atoms. The summed E-state index contributed by atoms with van der Waals surface area (Å²) in [5, 5.41) is 11.0. The number of aromatic amines is 1. The fourth-order valence-electron chi connectivity index (χ4n) is 4.82. The summed E-state index contributed by atoms with van der Waals surface area (Å²) in [5.41, 5.74) is 4.09. The zero-order valence-electron chi connectivity index (χ0n) is 19.0. The molecule has 1 aromatic heterocycles. The molecule has 0 saturated carbocycles. The van der Waals surface area contributed by atoms with Crippen molar-refractivity contribution in [3.63, 3.8) is 0 Å². The Hall–Kier alpha value is -1.44. The van der Waals surface area contributed by atoms with Gasteiger partial charge in [0.15, 0.2) is 0 Å². The van der Waals surface area contributed by atoms with Gasteiger partial charge in [0.1, 0.15) is 0 Å². The van der Waals surface area contributed by atoms with Crippen LogP contribution in [0.25, 0.3) is 10.9 Å². The zero-order chi connectivity index (χ0) is 21.7. The molecule has 6 nitrogen and oxygen atoms in total. The highest BCUT2D eigenvalue weighted by Crippen LogP contribution is 2.45. The van der Waals surface area contributed by atoms with Gasteiger partial charge in [0.25, 0.3) is 0 Å². The van der Waals surface area contributed by atoms with E-state index in [2.05, 4.69) is 24.9 Å². The number of unbranched alkanes of at least 4 members (excludes halogenated alkanes) is 2. The van der Waals surface area contributed by atoms with Crippen LogP contribution in [0.3, 0.4) is 0 Å². The van der Waals surface area contributed by atoms with Crippen LogP contribution in [-0.4, -0.2) is 48.7 Å². The smallest absolute Gasteiger partial charge is 0.213 e. The number of aromatic nitrogens is 1. The predicted octanol–water partition coefficient (Wildman–Crippen LogP) is 4.57. The Morgan fingerprint density at radius 3 is 2.84 bits per heavy atom. The van der Waals surface area contributed by atoms with E-state index in [-0.39, 0.29) is 18.8 Å². The van der Waals surface area contributed by atoms with Gasteiger partial charge >= 0.3 is 0 Å². The van der Waals surface area contributed by atoms with E-state index >= 15 is 0 Å². The van der Waals surface area contributed by atoms with E-state index in [1.165, 1.54) is 5.56 Å². The van der Waals surface area contributed by atoms with Gasteiger partial charge in [0.2, 0.25) is 5.79 Å². The maximum absolute atomic E-state index is 9.83. The average Bonchev–Trinajstić information content (AvgIpc) is 3.18. The van der Waals surface area contributed by atoms with Crippen molar-refractivity contribution in [1.29, 1.82) is 0 Å². The number of aliphatic hydroxyl groups is 1. The van der Waals surface area contributed by atoms with Crippen molar-refractivity contribution in [3.05, 3.63) is 35.0 Å². The third-order valence-corrected chi connectivity index (χ3v) is 6.44. The number of ether oxygens (including phenoxy) is 4. The van der Waals surface area contributed by atoms with Crippen LogP contribution in [0.5, 0.6) is 0 Å². The molecule has 3 heterocycles. The van der Waals surface area contributed by atoms with Gasteiger partial charge in [0, 0.05) is 37.0 Å². The quantitative estimate of drug-likeness (QED) is 0.539. The first kappa shape index (κ1) is 22.7. The normalized spacial score (nSPS) is 25.9. The summed E-state index contributed by atoms with van der Waals surface area (Å²) in [5.74, 6) is -0.854. The van der Waals surface area contributed by atoms with Crippen molar-refractivity contribution in [3.8, 4) is 0 Å². The van der Waals surface area contributed by atoms with Crippen LogP contribution in [0.15, 0.2) is 18.2 Å². The lowest BCUT2D eigenvalue weighted by atomic mass is 9.91. The van der Waals surface area contributed by atoms with Crippen molar-refractivity contribution in [2.45, 2.75) is 83.4 Å². The number of nitrogens with one attached hydrogen (secondary N) is 1. The summed E-state index contributed by atoms with van der Waals surface area (Å²) in [7, 11) is 0. The monoisotopic (exact) mass is 431 g/mol. The number of hydrogen-bond acceptors (Lipinski definition) is 5. The first-order valence-corrected chi connectivity index (χ1v) is 12.0. The van der Waals surface area contributed by atoms with Crippen LogP contribution in [0.4, 0.5) is 0 Å². The Labute approximate surface area is 185 Å². The summed E-state index contributed by atoms with van der Waals surface area (Å²) >= 11 is 0. The number of benzene rings is 1. The first-order valence-electron chi connectivity index (χ1n) is 12.0. The molecule has 2 aliphatic rings. The van der Waals surface area contributed by atoms with Gasteiger partial charge in [-0.3, -0.25) is 0 Å². The summed E-state index contributed by atoms with van der Waals surface area (Å²) in [4.78, 5) is 3.57. The summed E-state index contributed by atoms with van der Waals surface area (Å²) in [6, 6.07) is 6.08. The van der Waals surface area contributed by atoms with Gasteiger partial charge in [-0.05, 0) is 24.8 Å². The largest absolute Gasteiger partial charge is 0.392 e. The van der Waals surface area contributed by atoms with E-state index in [1.54, 1.807) is 0 Å².